The van der Waals surface area contributed by atoms with Crippen molar-refractivity contribution in [2.75, 3.05) is 59.1 Å². The third-order valence-electron chi connectivity index (χ3n) is 5.95. The molecule has 1 aliphatic heterocycles. The molecule has 9 heteroatoms. The molecule has 1 rings (SSSR count). The molecule has 216 valence electrons. The third kappa shape index (κ3) is 15.1. The Labute approximate surface area is 220 Å². The molecule has 0 spiro atoms. The van der Waals surface area contributed by atoms with Crippen LogP contribution in [0.5, 0.6) is 0 Å². The summed E-state index contributed by atoms with van der Waals surface area (Å²) in [5, 5.41) is 40.1. The monoisotopic (exact) mass is 519 g/mol. The fraction of sp³-hybridized carbons (Fsp3) is 1.00. The van der Waals surface area contributed by atoms with Gasteiger partial charge in [0.25, 0.3) is 0 Å². The summed E-state index contributed by atoms with van der Waals surface area (Å²) in [4.78, 5) is 2.20. The molecule has 1 fully saturated rings. The lowest BCUT2D eigenvalue weighted by Gasteiger charge is -2.47. The molecule has 0 aromatic heterocycles. The zero-order valence-corrected chi connectivity index (χ0v) is 24.5. The van der Waals surface area contributed by atoms with Crippen molar-refractivity contribution in [2.24, 2.45) is 0 Å². The van der Waals surface area contributed by atoms with Crippen LogP contribution < -0.4 is 10.6 Å². The Balaban J connectivity index is 3.21. The van der Waals surface area contributed by atoms with Gasteiger partial charge in [0.1, 0.15) is 0 Å². The largest absolute Gasteiger partial charge is 0.391 e. The summed E-state index contributed by atoms with van der Waals surface area (Å²) in [6, 6.07) is 0. The van der Waals surface area contributed by atoms with E-state index in [1.54, 1.807) is 0 Å². The molecule has 0 amide bonds. The molecule has 3 unspecified atom stereocenters. The average molecular weight is 520 g/mol. The quantitative estimate of drug-likeness (QED) is 0.262. The van der Waals surface area contributed by atoms with Crippen LogP contribution in [0.15, 0.2) is 0 Å². The van der Waals surface area contributed by atoms with Gasteiger partial charge in [0.05, 0.1) is 54.9 Å². The average Bonchev–Trinajstić information content (AvgIpc) is 2.80. The first-order chi connectivity index (χ1) is 16.4. The van der Waals surface area contributed by atoms with Gasteiger partial charge in [-0.3, -0.25) is 4.90 Å². The molecule has 0 saturated carbocycles. The van der Waals surface area contributed by atoms with E-state index in [2.05, 4.69) is 15.5 Å². The highest BCUT2D eigenvalue weighted by molar-refractivity contribution is 4.98. The fourth-order valence-electron chi connectivity index (χ4n) is 4.30. The predicted molar refractivity (Wildman–Crippen MR) is 144 cm³/mol. The zero-order valence-electron chi connectivity index (χ0n) is 24.5. The minimum atomic E-state index is -0.735. The lowest BCUT2D eigenvalue weighted by atomic mass is 9.83. The summed E-state index contributed by atoms with van der Waals surface area (Å²) in [5.74, 6) is 0. The van der Waals surface area contributed by atoms with Gasteiger partial charge in [-0.2, -0.15) is 0 Å². The van der Waals surface area contributed by atoms with Crippen LogP contribution in [0.1, 0.15) is 75.2 Å². The first-order valence-corrected chi connectivity index (χ1v) is 13.5. The van der Waals surface area contributed by atoms with Crippen LogP contribution in [-0.4, -0.2) is 120 Å². The maximum Gasteiger partial charge on any atom is 0.0900 e. The van der Waals surface area contributed by atoms with E-state index in [1.807, 2.05) is 62.3 Å². The molecule has 0 aromatic rings. The molecule has 0 aromatic carbocycles. The smallest absolute Gasteiger partial charge is 0.0900 e. The first-order valence-electron chi connectivity index (χ1n) is 13.5. The summed E-state index contributed by atoms with van der Waals surface area (Å²) in [7, 11) is 0. The van der Waals surface area contributed by atoms with Crippen molar-refractivity contribution in [3.8, 4) is 0 Å². The Hall–Kier alpha value is -0.360. The predicted octanol–water partition coefficient (Wildman–Crippen LogP) is 1.53. The van der Waals surface area contributed by atoms with E-state index in [1.165, 1.54) is 0 Å². The van der Waals surface area contributed by atoms with Crippen LogP contribution in [0.25, 0.3) is 0 Å². The van der Waals surface area contributed by atoms with Gasteiger partial charge < -0.3 is 40.2 Å². The highest BCUT2D eigenvalue weighted by Gasteiger charge is 2.41. The Bertz CT molecular complexity index is 574. The maximum absolute atomic E-state index is 11.1. The topological polar surface area (TPSA) is 116 Å². The van der Waals surface area contributed by atoms with Crippen LogP contribution in [0.4, 0.5) is 0 Å². The molecule has 3 atom stereocenters. The number of nitrogens with zero attached hydrogens (tertiary/aromatic N) is 1. The highest BCUT2D eigenvalue weighted by atomic mass is 16.5. The molecule has 1 saturated heterocycles. The Morgan fingerprint density at radius 3 is 1.53 bits per heavy atom. The van der Waals surface area contributed by atoms with E-state index in [0.29, 0.717) is 32.5 Å². The van der Waals surface area contributed by atoms with Gasteiger partial charge in [-0.15, -0.1) is 0 Å². The lowest BCUT2D eigenvalue weighted by molar-refractivity contribution is -0.0998. The maximum atomic E-state index is 11.1. The molecular weight excluding hydrogens is 462 g/mol. The Morgan fingerprint density at radius 1 is 0.667 bits per heavy atom. The second-order valence-electron chi connectivity index (χ2n) is 13.2. The van der Waals surface area contributed by atoms with Crippen molar-refractivity contribution in [1.29, 1.82) is 0 Å². The summed E-state index contributed by atoms with van der Waals surface area (Å²) < 4.78 is 17.6. The van der Waals surface area contributed by atoms with Crippen LogP contribution in [0.3, 0.4) is 0 Å². The van der Waals surface area contributed by atoms with Crippen LogP contribution in [0, 0.1) is 0 Å². The van der Waals surface area contributed by atoms with E-state index in [9.17, 15) is 15.3 Å². The molecule has 1 heterocycles. The molecule has 0 radical (unpaired) electrons. The normalized spacial score (nSPS) is 24.0. The van der Waals surface area contributed by atoms with E-state index < -0.39 is 23.9 Å². The molecule has 1 aliphatic rings. The molecule has 36 heavy (non-hydrogen) atoms. The van der Waals surface area contributed by atoms with Gasteiger partial charge in [0.2, 0.25) is 0 Å². The van der Waals surface area contributed by atoms with Gasteiger partial charge in [-0.05, 0) is 75.2 Å². The summed E-state index contributed by atoms with van der Waals surface area (Å²) >= 11 is 0. The fourth-order valence-corrected chi connectivity index (χ4v) is 4.30. The number of ether oxygens (including phenoxy) is 3. The molecule has 5 N–H and O–H groups in total. The number of aliphatic hydroxyl groups is 3. The zero-order chi connectivity index (χ0) is 27.6. The van der Waals surface area contributed by atoms with Gasteiger partial charge in [0, 0.05) is 44.8 Å². The number of β-amino-alcohol motifs (C(OH)–C–C–N with tert-alkyl or cyclic N) is 1. The first kappa shape index (κ1) is 33.7. The van der Waals surface area contributed by atoms with Gasteiger partial charge in [0.15, 0.2) is 0 Å². The lowest BCUT2D eigenvalue weighted by Crippen LogP contribution is -2.61. The van der Waals surface area contributed by atoms with E-state index in [0.717, 1.165) is 19.6 Å². The molecular formula is C27H57N3O6. The minimum absolute atomic E-state index is 0.196. The Kier molecular flexibility index (Phi) is 13.7. The van der Waals surface area contributed by atoms with Crippen molar-refractivity contribution in [3.05, 3.63) is 0 Å². The second-order valence-corrected chi connectivity index (χ2v) is 13.2. The Morgan fingerprint density at radius 2 is 1.08 bits per heavy atom. The van der Waals surface area contributed by atoms with Crippen LogP contribution in [0.2, 0.25) is 0 Å². The van der Waals surface area contributed by atoms with Crippen molar-refractivity contribution in [3.63, 3.8) is 0 Å². The molecule has 9 nitrogen and oxygen atoms in total. The van der Waals surface area contributed by atoms with Gasteiger partial charge in [-0.25, -0.2) is 0 Å². The summed E-state index contributed by atoms with van der Waals surface area (Å²) in [5.41, 5.74) is -1.71. The number of rotatable bonds is 12. The SMILES string of the molecule is CC(C)(C)OCC(O)CN1CCNCCNCC1(CC(O)COC(C)(C)C)CC(O)COC(C)(C)C. The molecule has 0 aliphatic carbocycles. The number of hydrogen-bond donors (Lipinski definition) is 5. The van der Waals surface area contributed by atoms with Crippen molar-refractivity contribution >= 4 is 0 Å². The van der Waals surface area contributed by atoms with Crippen molar-refractivity contribution < 1.29 is 29.5 Å². The number of nitrogens with one attached hydrogen (secondary N) is 2. The van der Waals surface area contributed by atoms with E-state index in [-0.39, 0.29) is 36.6 Å². The van der Waals surface area contributed by atoms with Crippen LogP contribution in [-0.2, 0) is 14.2 Å². The summed E-state index contributed by atoms with van der Waals surface area (Å²) in [6.45, 7) is 22.2. The summed E-state index contributed by atoms with van der Waals surface area (Å²) in [6.07, 6.45) is -1.41. The van der Waals surface area contributed by atoms with Gasteiger partial charge >= 0.3 is 0 Å². The van der Waals surface area contributed by atoms with E-state index in [4.69, 9.17) is 14.2 Å². The van der Waals surface area contributed by atoms with E-state index >= 15 is 0 Å². The van der Waals surface area contributed by atoms with Gasteiger partial charge in [-0.1, -0.05) is 0 Å². The van der Waals surface area contributed by atoms with Crippen molar-refractivity contribution in [2.45, 2.75) is 116 Å². The third-order valence-corrected chi connectivity index (χ3v) is 5.95. The second kappa shape index (κ2) is 14.7. The number of hydrogen-bond acceptors (Lipinski definition) is 9. The minimum Gasteiger partial charge on any atom is -0.391 e. The standard InChI is InChI=1S/C27H57N3O6/c1-24(2,3)34-17-21(31)14-27(15-22(32)18-35-25(4,5)6)20-29-11-10-28-12-13-30(27)16-23(33)19-36-26(7,8)9/h21-23,28-29,31-33H,10-20H2,1-9H3. The number of aliphatic hydroxyl groups excluding tert-OH is 3. The van der Waals surface area contributed by atoms with Crippen LogP contribution >= 0.6 is 0 Å². The molecule has 0 bridgehead atoms. The van der Waals surface area contributed by atoms with Crippen molar-refractivity contribution in [1.82, 2.24) is 15.5 Å². The highest BCUT2D eigenvalue weighted by Crippen LogP contribution is 2.29.